The first-order valence-electron chi connectivity index (χ1n) is 10.9. The standard InChI is InChI=1S/C21H38FN7O/c1-26(2)13-14-27-19(23)28(15-9-6-4-5-7-10-15)21(25)29(20(27)24)16-11-8-12-17(30-3)18(16)22/h8,11-12,15,19-21H,4-7,9-10,13-14,23-25H2,1-3H3. The number of rotatable bonds is 6. The number of benzene rings is 1. The molecule has 3 unspecified atom stereocenters. The van der Waals surface area contributed by atoms with Crippen LogP contribution >= 0.6 is 0 Å². The lowest BCUT2D eigenvalue weighted by atomic mass is 10.1. The van der Waals surface area contributed by atoms with Gasteiger partial charge in [-0.05, 0) is 39.1 Å². The van der Waals surface area contributed by atoms with E-state index in [1.807, 2.05) is 19.0 Å². The van der Waals surface area contributed by atoms with Crippen molar-refractivity contribution in [3.8, 4) is 5.75 Å². The molecule has 1 heterocycles. The Morgan fingerprint density at radius 2 is 1.70 bits per heavy atom. The first-order valence-corrected chi connectivity index (χ1v) is 10.9. The van der Waals surface area contributed by atoms with Crippen molar-refractivity contribution in [1.29, 1.82) is 0 Å². The molecule has 1 aliphatic carbocycles. The summed E-state index contributed by atoms with van der Waals surface area (Å²) in [6, 6.07) is 5.29. The maximum Gasteiger partial charge on any atom is 0.188 e. The van der Waals surface area contributed by atoms with E-state index in [1.165, 1.54) is 20.0 Å². The lowest BCUT2D eigenvalue weighted by molar-refractivity contribution is -0.0867. The van der Waals surface area contributed by atoms with E-state index in [9.17, 15) is 0 Å². The summed E-state index contributed by atoms with van der Waals surface area (Å²) in [5.41, 5.74) is 20.5. The predicted octanol–water partition coefficient (Wildman–Crippen LogP) is 1.27. The SMILES string of the molecule is COc1cccc(N2C(N)N(CCN(C)C)C(N)N(C3CCCCCC3)C2N)c1F. The van der Waals surface area contributed by atoms with Crippen molar-refractivity contribution in [3.63, 3.8) is 0 Å². The van der Waals surface area contributed by atoms with Crippen LogP contribution < -0.4 is 26.8 Å². The summed E-state index contributed by atoms with van der Waals surface area (Å²) in [6.45, 7) is 1.43. The minimum absolute atomic E-state index is 0.169. The largest absolute Gasteiger partial charge is 0.494 e. The summed E-state index contributed by atoms with van der Waals surface area (Å²) in [5, 5.41) is 0. The molecule has 1 aromatic rings. The van der Waals surface area contributed by atoms with Gasteiger partial charge in [0.1, 0.15) is 18.9 Å². The van der Waals surface area contributed by atoms with Crippen molar-refractivity contribution in [2.24, 2.45) is 17.2 Å². The summed E-state index contributed by atoms with van der Waals surface area (Å²) < 4.78 is 20.4. The Morgan fingerprint density at radius 3 is 2.30 bits per heavy atom. The second-order valence-electron chi connectivity index (χ2n) is 8.58. The number of nitrogens with two attached hydrogens (primary N) is 3. The molecule has 1 aromatic carbocycles. The third-order valence-corrected chi connectivity index (χ3v) is 6.35. The molecule has 2 fully saturated rings. The maximum absolute atomic E-state index is 15.2. The molecule has 1 aliphatic heterocycles. The molecule has 3 rings (SSSR count). The molecule has 6 N–H and O–H groups in total. The van der Waals surface area contributed by atoms with Crippen LogP contribution in [0.25, 0.3) is 0 Å². The molecule has 1 saturated carbocycles. The van der Waals surface area contributed by atoms with Crippen LogP contribution in [0.1, 0.15) is 38.5 Å². The fourth-order valence-electron chi connectivity index (χ4n) is 4.65. The lowest BCUT2D eigenvalue weighted by Gasteiger charge is -2.57. The van der Waals surface area contributed by atoms with Crippen molar-refractivity contribution >= 4 is 5.69 Å². The highest BCUT2D eigenvalue weighted by Crippen LogP contribution is 2.35. The van der Waals surface area contributed by atoms with Gasteiger partial charge in [-0.2, -0.15) is 0 Å². The Kier molecular flexibility index (Phi) is 7.89. The minimum atomic E-state index is -0.654. The Morgan fingerprint density at radius 1 is 1.03 bits per heavy atom. The Bertz CT molecular complexity index is 683. The van der Waals surface area contributed by atoms with Gasteiger partial charge in [0.15, 0.2) is 11.6 Å². The van der Waals surface area contributed by atoms with Gasteiger partial charge in [0.05, 0.1) is 12.8 Å². The number of anilines is 1. The lowest BCUT2D eigenvalue weighted by Crippen LogP contribution is -2.80. The molecule has 8 nitrogen and oxygen atoms in total. The summed E-state index contributed by atoms with van der Waals surface area (Å²) in [7, 11) is 5.47. The second-order valence-corrected chi connectivity index (χ2v) is 8.58. The first-order chi connectivity index (χ1) is 14.4. The van der Waals surface area contributed by atoms with E-state index in [4.69, 9.17) is 21.9 Å². The third kappa shape index (κ3) is 4.71. The number of hydrogen-bond acceptors (Lipinski definition) is 8. The van der Waals surface area contributed by atoms with Gasteiger partial charge >= 0.3 is 0 Å². The molecular formula is C21H38FN7O. The van der Waals surface area contributed by atoms with E-state index in [-0.39, 0.29) is 11.8 Å². The fraction of sp³-hybridized carbons (Fsp3) is 0.714. The molecule has 0 radical (unpaired) electrons. The summed E-state index contributed by atoms with van der Waals surface area (Å²) in [6.07, 6.45) is 5.12. The monoisotopic (exact) mass is 423 g/mol. The van der Waals surface area contributed by atoms with E-state index in [0.717, 1.165) is 32.2 Å². The zero-order chi connectivity index (χ0) is 21.8. The van der Waals surface area contributed by atoms with Crippen LogP contribution in [-0.4, -0.2) is 73.9 Å². The number of methoxy groups -OCH3 is 1. The number of nitrogens with zero attached hydrogens (tertiary/aromatic N) is 4. The third-order valence-electron chi connectivity index (χ3n) is 6.35. The molecule has 0 bridgehead atoms. The molecule has 3 atom stereocenters. The van der Waals surface area contributed by atoms with Crippen LogP contribution in [0.3, 0.4) is 0 Å². The van der Waals surface area contributed by atoms with Gasteiger partial charge < -0.3 is 20.3 Å². The molecule has 30 heavy (non-hydrogen) atoms. The average molecular weight is 424 g/mol. The van der Waals surface area contributed by atoms with Crippen molar-refractivity contribution in [3.05, 3.63) is 24.0 Å². The van der Waals surface area contributed by atoms with Gasteiger partial charge in [0.2, 0.25) is 0 Å². The number of likely N-dealkylation sites (N-methyl/N-ethyl adjacent to an activating group) is 1. The highest BCUT2D eigenvalue weighted by molar-refractivity contribution is 5.54. The maximum atomic E-state index is 15.2. The number of ether oxygens (including phenoxy) is 1. The predicted molar refractivity (Wildman–Crippen MR) is 118 cm³/mol. The van der Waals surface area contributed by atoms with Crippen LogP contribution in [0, 0.1) is 5.82 Å². The quantitative estimate of drug-likeness (QED) is 0.588. The second kappa shape index (κ2) is 10.2. The number of hydrogen-bond donors (Lipinski definition) is 3. The fourth-order valence-corrected chi connectivity index (χ4v) is 4.65. The highest BCUT2D eigenvalue weighted by atomic mass is 19.1. The van der Waals surface area contributed by atoms with Crippen LogP contribution in [0.5, 0.6) is 5.75 Å². The molecule has 0 aromatic heterocycles. The van der Waals surface area contributed by atoms with Gasteiger partial charge in [-0.3, -0.25) is 11.5 Å². The summed E-state index contributed by atoms with van der Waals surface area (Å²) >= 11 is 0. The van der Waals surface area contributed by atoms with Crippen molar-refractivity contribution in [2.75, 3.05) is 39.2 Å². The van der Waals surface area contributed by atoms with E-state index >= 15 is 4.39 Å². The van der Waals surface area contributed by atoms with E-state index in [2.05, 4.69) is 9.80 Å². The molecule has 9 heteroatoms. The van der Waals surface area contributed by atoms with E-state index < -0.39 is 24.7 Å². The van der Waals surface area contributed by atoms with Crippen LogP contribution in [0.15, 0.2) is 18.2 Å². The smallest absolute Gasteiger partial charge is 0.188 e. The zero-order valence-electron chi connectivity index (χ0n) is 18.5. The van der Waals surface area contributed by atoms with Crippen molar-refractivity contribution in [2.45, 2.75) is 63.4 Å². The molecule has 0 amide bonds. The van der Waals surface area contributed by atoms with Crippen LogP contribution in [-0.2, 0) is 0 Å². The summed E-state index contributed by atoms with van der Waals surface area (Å²) in [5.74, 6) is -0.294. The van der Waals surface area contributed by atoms with Crippen LogP contribution in [0.2, 0.25) is 0 Å². The summed E-state index contributed by atoms with van der Waals surface area (Å²) in [4.78, 5) is 7.96. The van der Waals surface area contributed by atoms with Gasteiger partial charge in [-0.15, -0.1) is 0 Å². The normalized spacial score (nSPS) is 27.5. The first kappa shape index (κ1) is 23.2. The van der Waals surface area contributed by atoms with Gasteiger partial charge in [0, 0.05) is 19.1 Å². The van der Waals surface area contributed by atoms with Gasteiger partial charge in [0.25, 0.3) is 0 Å². The van der Waals surface area contributed by atoms with Crippen molar-refractivity contribution < 1.29 is 9.13 Å². The van der Waals surface area contributed by atoms with Gasteiger partial charge in [-0.25, -0.2) is 14.2 Å². The molecular weight excluding hydrogens is 385 g/mol. The molecule has 170 valence electrons. The number of halogens is 1. The van der Waals surface area contributed by atoms with E-state index in [1.54, 1.807) is 23.1 Å². The highest BCUT2D eigenvalue weighted by Gasteiger charge is 2.45. The molecule has 1 saturated heterocycles. The zero-order valence-corrected chi connectivity index (χ0v) is 18.5. The average Bonchev–Trinajstić information content (AvgIpc) is 2.98. The minimum Gasteiger partial charge on any atom is -0.494 e. The Labute approximate surface area is 179 Å². The Hall–Kier alpha value is -1.49. The van der Waals surface area contributed by atoms with E-state index in [0.29, 0.717) is 12.2 Å². The van der Waals surface area contributed by atoms with Crippen molar-refractivity contribution in [1.82, 2.24) is 14.7 Å². The molecule has 2 aliphatic rings. The molecule has 0 spiro atoms. The topological polar surface area (TPSA) is 100 Å². The Balaban J connectivity index is 1.99. The van der Waals surface area contributed by atoms with Gasteiger partial charge in [-0.1, -0.05) is 31.7 Å². The van der Waals surface area contributed by atoms with Crippen LogP contribution in [0.4, 0.5) is 10.1 Å².